The van der Waals surface area contributed by atoms with Crippen molar-refractivity contribution in [2.75, 3.05) is 49.1 Å². The lowest BCUT2D eigenvalue weighted by molar-refractivity contribution is -0.163. The Hall–Kier alpha value is -6.14. The first-order valence-corrected chi connectivity index (χ1v) is 21.5. The number of amides is 4. The lowest BCUT2D eigenvalue weighted by Crippen LogP contribution is -2.74. The van der Waals surface area contributed by atoms with Gasteiger partial charge >= 0.3 is 6.03 Å². The van der Waals surface area contributed by atoms with Crippen molar-refractivity contribution < 1.29 is 27.9 Å². The second-order valence-electron chi connectivity index (χ2n) is 18.5. The van der Waals surface area contributed by atoms with Crippen LogP contribution in [0.15, 0.2) is 67.0 Å². The summed E-state index contributed by atoms with van der Waals surface area (Å²) < 4.78 is 39.4. The number of benzene rings is 3. The Labute approximate surface area is 359 Å². The molecule has 0 spiro atoms. The molecule has 1 saturated carbocycles. The summed E-state index contributed by atoms with van der Waals surface area (Å²) in [6.07, 6.45) is 6.74. The molecule has 5 aromatic rings. The maximum Gasteiger partial charge on any atom is 0.328 e. The highest BCUT2D eigenvalue weighted by atomic mass is 19.1. The number of anilines is 2. The third-order valence-corrected chi connectivity index (χ3v) is 13.8. The number of fused-ring (bicyclic) bond motifs is 2. The molecule has 0 unspecified atom stereocenters. The molecule has 3 aromatic carbocycles. The zero-order valence-electron chi connectivity index (χ0n) is 35.5. The molecule has 3 aliphatic heterocycles. The third-order valence-electron chi connectivity index (χ3n) is 13.8. The summed E-state index contributed by atoms with van der Waals surface area (Å²) in [7, 11) is 0. The van der Waals surface area contributed by atoms with Gasteiger partial charge in [0.25, 0.3) is 5.91 Å². The van der Waals surface area contributed by atoms with Gasteiger partial charge in [-0.25, -0.2) is 13.6 Å². The van der Waals surface area contributed by atoms with Gasteiger partial charge in [0.15, 0.2) is 0 Å². The van der Waals surface area contributed by atoms with Crippen molar-refractivity contribution in [2.45, 2.75) is 78.0 Å². The number of nitrogens with one attached hydrogen (secondary N) is 2. The highest BCUT2D eigenvalue weighted by Gasteiger charge is 2.64. The number of piperidine rings is 2. The minimum absolute atomic E-state index is 0.107. The maximum absolute atomic E-state index is 15.8. The Bertz CT molecular complexity index is 2610. The van der Waals surface area contributed by atoms with Crippen LogP contribution >= 0.6 is 0 Å². The second-order valence-corrected chi connectivity index (χ2v) is 18.5. The molecule has 3 saturated heterocycles. The molecule has 0 radical (unpaired) electrons. The van der Waals surface area contributed by atoms with E-state index in [-0.39, 0.29) is 54.2 Å². The van der Waals surface area contributed by atoms with Crippen molar-refractivity contribution >= 4 is 51.0 Å². The largest absolute Gasteiger partial charge is 0.488 e. The summed E-state index contributed by atoms with van der Waals surface area (Å²) in [5, 5.41) is 21.0. The Balaban J connectivity index is 0.769. The van der Waals surface area contributed by atoms with E-state index in [1.165, 1.54) is 17.0 Å². The third kappa shape index (κ3) is 7.27. The molecular weight excluding hydrogens is 793 g/mol. The minimum Gasteiger partial charge on any atom is -0.488 e. The van der Waals surface area contributed by atoms with Crippen molar-refractivity contribution in [3.8, 4) is 11.8 Å². The van der Waals surface area contributed by atoms with Crippen LogP contribution in [0, 0.1) is 39.7 Å². The minimum atomic E-state index is -0.628. The van der Waals surface area contributed by atoms with Crippen LogP contribution in [0.5, 0.6) is 5.75 Å². The predicted octanol–water partition coefficient (Wildman–Crippen LogP) is 7.35. The molecule has 0 atom stereocenters. The van der Waals surface area contributed by atoms with E-state index in [2.05, 4.69) is 64.3 Å². The van der Waals surface area contributed by atoms with Crippen LogP contribution in [-0.2, 0) is 4.79 Å². The average molecular weight is 844 g/mol. The topological polar surface area (TPSA) is 149 Å². The van der Waals surface area contributed by atoms with Crippen molar-refractivity contribution in [3.63, 3.8) is 0 Å². The number of carbonyl (C=O) groups is 3. The molecule has 2 aromatic heterocycles. The van der Waals surface area contributed by atoms with E-state index >= 15 is 8.78 Å². The van der Waals surface area contributed by atoms with Crippen LogP contribution in [0.2, 0.25) is 0 Å². The van der Waals surface area contributed by atoms with Gasteiger partial charge in [-0.2, -0.15) is 10.4 Å². The SMILES string of the molecule is CC1(C)C(NC(=O)c2ccc(N3CCC(CN4CCC(n5ncc6c(N7CCC(=O)NC7=O)c(F)ccc65)CC4)CC3)c(F)c2)C(C)(C)C1Oc1ccc(C#N)c2ncccc12. The molecule has 4 amide bonds. The number of nitriles is 1. The molecule has 0 bridgehead atoms. The number of imide groups is 1. The first kappa shape index (κ1) is 41.2. The van der Waals surface area contributed by atoms with Gasteiger partial charge < -0.3 is 19.9 Å². The number of nitrogens with zero attached hydrogens (tertiary/aromatic N) is 7. The van der Waals surface area contributed by atoms with Gasteiger partial charge in [0.05, 0.1) is 40.2 Å². The number of aromatic nitrogens is 3. The van der Waals surface area contributed by atoms with Gasteiger partial charge in [-0.3, -0.25) is 29.5 Å². The lowest BCUT2D eigenvalue weighted by Gasteiger charge is -2.63. The molecule has 4 aliphatic rings. The summed E-state index contributed by atoms with van der Waals surface area (Å²) in [5.74, 6) is -0.537. The quantitative estimate of drug-likeness (QED) is 0.156. The van der Waals surface area contributed by atoms with Crippen molar-refractivity contribution in [1.29, 1.82) is 5.26 Å². The summed E-state index contributed by atoms with van der Waals surface area (Å²) >= 11 is 0. The molecule has 62 heavy (non-hydrogen) atoms. The van der Waals surface area contributed by atoms with Crippen molar-refractivity contribution in [3.05, 3.63) is 89.8 Å². The summed E-state index contributed by atoms with van der Waals surface area (Å²) in [6, 6.07) is 16.5. The fourth-order valence-electron chi connectivity index (χ4n) is 10.9. The molecule has 15 heteroatoms. The van der Waals surface area contributed by atoms with E-state index < -0.39 is 28.5 Å². The number of hydrogen-bond acceptors (Lipinski definition) is 9. The number of pyridine rings is 1. The van der Waals surface area contributed by atoms with Crippen LogP contribution in [0.1, 0.15) is 81.8 Å². The van der Waals surface area contributed by atoms with Gasteiger partial charge in [0.2, 0.25) is 5.91 Å². The van der Waals surface area contributed by atoms with E-state index in [1.54, 1.807) is 42.7 Å². The molecule has 5 heterocycles. The summed E-state index contributed by atoms with van der Waals surface area (Å²) in [4.78, 5) is 48.1. The normalized spacial score (nSPS) is 22.0. The van der Waals surface area contributed by atoms with Crippen LogP contribution in [0.3, 0.4) is 0 Å². The molecule has 1 aliphatic carbocycles. The van der Waals surface area contributed by atoms with Gasteiger partial charge in [-0.1, -0.05) is 27.7 Å². The molecule has 2 N–H and O–H groups in total. The van der Waals surface area contributed by atoms with Gasteiger partial charge in [0, 0.05) is 85.1 Å². The fraction of sp³-hybridized carbons (Fsp3) is 0.447. The van der Waals surface area contributed by atoms with Crippen LogP contribution in [0.4, 0.5) is 25.0 Å². The number of carbonyl (C=O) groups excluding carboxylic acids is 3. The highest BCUT2D eigenvalue weighted by Crippen LogP contribution is 2.56. The van der Waals surface area contributed by atoms with Gasteiger partial charge in [-0.05, 0) is 86.2 Å². The molecule has 322 valence electrons. The van der Waals surface area contributed by atoms with E-state index in [4.69, 9.17) is 4.74 Å². The number of likely N-dealkylation sites (tertiary alicyclic amines) is 1. The maximum atomic E-state index is 15.8. The highest BCUT2D eigenvalue weighted by molar-refractivity contribution is 6.09. The molecular formula is C47H51F2N9O4. The monoisotopic (exact) mass is 843 g/mol. The van der Waals surface area contributed by atoms with Gasteiger partial charge in [-0.15, -0.1) is 0 Å². The van der Waals surface area contributed by atoms with Crippen molar-refractivity contribution in [1.82, 2.24) is 30.3 Å². The number of urea groups is 1. The number of halogens is 2. The molecule has 13 nitrogen and oxygen atoms in total. The predicted molar refractivity (Wildman–Crippen MR) is 231 cm³/mol. The van der Waals surface area contributed by atoms with Crippen LogP contribution < -0.4 is 25.2 Å². The standard InChI is InChI=1S/C47H51F2N9O4/c1-46(2)43(47(3,4)44(46)62-38-12-8-30(25-50)40-32(38)6-5-18-51-40)54-42(60)29-7-10-37(35(49)24-29)56-21-13-28(14-22-56)27-55-19-15-31(16-20-55)58-36-11-9-34(48)41(33(36)26-52-58)57-23-17-39(59)53-45(57)61/h5-12,18,24,26,28,31,43-44H,13-17,19-23,27H2,1-4H3,(H,54,60)(H,53,59,61). The van der Waals surface area contributed by atoms with Crippen LogP contribution in [0.25, 0.3) is 21.8 Å². The Morgan fingerprint density at radius 1 is 0.935 bits per heavy atom. The lowest BCUT2D eigenvalue weighted by atomic mass is 9.49. The summed E-state index contributed by atoms with van der Waals surface area (Å²) in [6.45, 7) is 12.5. The van der Waals surface area contributed by atoms with Crippen LogP contribution in [-0.4, -0.2) is 88.9 Å². The van der Waals surface area contributed by atoms with E-state index in [1.807, 2.05) is 16.8 Å². The molecule has 9 rings (SSSR count). The second kappa shape index (κ2) is 16.0. The van der Waals surface area contributed by atoms with E-state index in [9.17, 15) is 19.6 Å². The summed E-state index contributed by atoms with van der Waals surface area (Å²) in [5.41, 5.74) is 1.84. The zero-order chi connectivity index (χ0) is 43.5. The average Bonchev–Trinajstić information content (AvgIpc) is 3.69. The molecule has 4 fully saturated rings. The fourth-order valence-corrected chi connectivity index (χ4v) is 10.9. The zero-order valence-corrected chi connectivity index (χ0v) is 35.5. The first-order chi connectivity index (χ1) is 29.7. The number of hydrogen-bond donors (Lipinski definition) is 2. The Morgan fingerprint density at radius 3 is 2.40 bits per heavy atom. The number of rotatable bonds is 9. The van der Waals surface area contributed by atoms with Gasteiger partial charge in [0.1, 0.15) is 29.6 Å². The Morgan fingerprint density at radius 2 is 1.69 bits per heavy atom. The van der Waals surface area contributed by atoms with Crippen molar-refractivity contribution in [2.24, 2.45) is 16.7 Å². The van der Waals surface area contributed by atoms with E-state index in [0.717, 1.165) is 69.3 Å². The van der Waals surface area contributed by atoms with E-state index in [0.29, 0.717) is 33.8 Å². The Kier molecular flexibility index (Phi) is 10.6. The smallest absolute Gasteiger partial charge is 0.328 e. The number of ether oxygens (including phenoxy) is 1. The first-order valence-electron chi connectivity index (χ1n) is 21.5.